The number of hydrogen-bond donors (Lipinski definition) is 0. The van der Waals surface area contributed by atoms with Crippen LogP contribution in [0, 0.1) is 0 Å². The summed E-state index contributed by atoms with van der Waals surface area (Å²) in [5.41, 5.74) is 1.70. The first-order valence-electron chi connectivity index (χ1n) is 8.56. The molecule has 7 nitrogen and oxygen atoms in total. The van der Waals surface area contributed by atoms with Crippen LogP contribution in [0.3, 0.4) is 0 Å². The summed E-state index contributed by atoms with van der Waals surface area (Å²) in [6.07, 6.45) is 0. The fraction of sp³-hybridized carbons (Fsp3) is 0.250. The zero-order valence-corrected chi connectivity index (χ0v) is 16.9. The molecule has 0 unspecified atom stereocenters. The third-order valence-electron chi connectivity index (χ3n) is 4.11. The van der Waals surface area contributed by atoms with E-state index in [0.29, 0.717) is 11.0 Å². The van der Waals surface area contributed by atoms with Crippen LogP contribution in [0.2, 0.25) is 0 Å². The minimum Gasteiger partial charge on any atom is -0.497 e. The smallest absolute Gasteiger partial charge is 0.318 e. The Morgan fingerprint density at radius 1 is 1.00 bits per heavy atom. The third kappa shape index (κ3) is 4.12. The number of ether oxygens (including phenoxy) is 3. The molecular formula is C20H21N3O4S. The molecule has 0 spiro atoms. The van der Waals surface area contributed by atoms with Crippen LogP contribution in [0.4, 0.5) is 0 Å². The maximum atomic E-state index is 11.9. The summed E-state index contributed by atoms with van der Waals surface area (Å²) in [5.74, 6) is 1.79. The standard InChI is InChI=1S/C20H21N3O4S/c1-13(19(24)27-4)28-20-22-21-18(14-6-5-7-17(12-14)26-3)23(20)15-8-10-16(25-2)11-9-15/h5-13H,1-4H3/t13-/m1/s1. The van der Waals surface area contributed by atoms with Crippen molar-refractivity contribution in [3.8, 4) is 28.6 Å². The van der Waals surface area contributed by atoms with Crippen LogP contribution in [-0.4, -0.2) is 47.3 Å². The number of rotatable bonds is 7. The highest BCUT2D eigenvalue weighted by Crippen LogP contribution is 2.32. The monoisotopic (exact) mass is 399 g/mol. The number of carbonyl (C=O) groups excluding carboxylic acids is 1. The molecular weight excluding hydrogens is 378 g/mol. The van der Waals surface area contributed by atoms with E-state index in [2.05, 4.69) is 10.2 Å². The Hall–Kier alpha value is -3.00. The van der Waals surface area contributed by atoms with Crippen LogP contribution >= 0.6 is 11.8 Å². The van der Waals surface area contributed by atoms with Gasteiger partial charge in [0.15, 0.2) is 11.0 Å². The molecule has 8 heteroatoms. The predicted molar refractivity (Wildman–Crippen MR) is 107 cm³/mol. The highest BCUT2D eigenvalue weighted by Gasteiger charge is 2.22. The summed E-state index contributed by atoms with van der Waals surface area (Å²) in [4.78, 5) is 11.9. The van der Waals surface area contributed by atoms with Crippen LogP contribution < -0.4 is 9.47 Å². The lowest BCUT2D eigenvalue weighted by molar-refractivity contribution is -0.139. The summed E-state index contributed by atoms with van der Waals surface area (Å²) >= 11 is 1.29. The molecule has 28 heavy (non-hydrogen) atoms. The Morgan fingerprint density at radius 3 is 2.36 bits per heavy atom. The number of hydrogen-bond acceptors (Lipinski definition) is 7. The number of methoxy groups -OCH3 is 3. The van der Waals surface area contributed by atoms with Crippen molar-refractivity contribution in [3.63, 3.8) is 0 Å². The second-order valence-corrected chi connectivity index (χ2v) is 7.16. The summed E-state index contributed by atoms with van der Waals surface area (Å²) in [7, 11) is 4.61. The van der Waals surface area contributed by atoms with Crippen LogP contribution in [-0.2, 0) is 9.53 Å². The molecule has 1 atom stereocenters. The fourth-order valence-electron chi connectivity index (χ4n) is 2.63. The van der Waals surface area contributed by atoms with Gasteiger partial charge in [-0.05, 0) is 43.3 Å². The van der Waals surface area contributed by atoms with E-state index in [9.17, 15) is 4.79 Å². The topological polar surface area (TPSA) is 75.5 Å². The molecule has 0 N–H and O–H groups in total. The minimum absolute atomic E-state index is 0.322. The average Bonchev–Trinajstić information content (AvgIpc) is 3.16. The number of esters is 1. The number of aromatic nitrogens is 3. The lowest BCUT2D eigenvalue weighted by atomic mass is 10.2. The molecule has 0 saturated heterocycles. The van der Waals surface area contributed by atoms with Gasteiger partial charge in [-0.25, -0.2) is 0 Å². The van der Waals surface area contributed by atoms with Crippen molar-refractivity contribution in [3.05, 3.63) is 48.5 Å². The fourth-order valence-corrected chi connectivity index (χ4v) is 3.53. The van der Waals surface area contributed by atoms with E-state index in [1.54, 1.807) is 21.1 Å². The Bertz CT molecular complexity index is 956. The maximum absolute atomic E-state index is 11.9. The molecule has 2 aromatic carbocycles. The first-order chi connectivity index (χ1) is 13.6. The number of thioether (sulfide) groups is 1. The van der Waals surface area contributed by atoms with Gasteiger partial charge >= 0.3 is 5.97 Å². The minimum atomic E-state index is -0.427. The van der Waals surface area contributed by atoms with Crippen molar-refractivity contribution in [2.45, 2.75) is 17.3 Å². The summed E-state index contributed by atoms with van der Waals surface area (Å²) in [6, 6.07) is 15.1. The van der Waals surface area contributed by atoms with Crippen LogP contribution in [0.15, 0.2) is 53.7 Å². The van der Waals surface area contributed by atoms with E-state index in [4.69, 9.17) is 14.2 Å². The van der Waals surface area contributed by atoms with Crippen molar-refractivity contribution in [2.24, 2.45) is 0 Å². The van der Waals surface area contributed by atoms with Gasteiger partial charge in [0, 0.05) is 11.3 Å². The molecule has 0 aliphatic rings. The number of nitrogens with zero attached hydrogens (tertiary/aromatic N) is 3. The van der Waals surface area contributed by atoms with Crippen LogP contribution in [0.25, 0.3) is 17.1 Å². The quantitative estimate of drug-likeness (QED) is 0.444. The van der Waals surface area contributed by atoms with Gasteiger partial charge in [-0.1, -0.05) is 23.9 Å². The second-order valence-electron chi connectivity index (χ2n) is 5.85. The van der Waals surface area contributed by atoms with E-state index in [0.717, 1.165) is 22.7 Å². The van der Waals surface area contributed by atoms with Crippen molar-refractivity contribution >= 4 is 17.7 Å². The van der Waals surface area contributed by atoms with Gasteiger partial charge in [0.25, 0.3) is 0 Å². The highest BCUT2D eigenvalue weighted by molar-refractivity contribution is 8.00. The van der Waals surface area contributed by atoms with Crippen molar-refractivity contribution < 1.29 is 19.0 Å². The van der Waals surface area contributed by atoms with Gasteiger partial charge in [-0.3, -0.25) is 9.36 Å². The van der Waals surface area contributed by atoms with E-state index < -0.39 is 5.25 Å². The largest absolute Gasteiger partial charge is 0.497 e. The van der Waals surface area contributed by atoms with E-state index in [-0.39, 0.29) is 5.97 Å². The van der Waals surface area contributed by atoms with Gasteiger partial charge in [0.05, 0.1) is 21.3 Å². The molecule has 0 bridgehead atoms. The van der Waals surface area contributed by atoms with Crippen LogP contribution in [0.5, 0.6) is 11.5 Å². The first-order valence-corrected chi connectivity index (χ1v) is 9.44. The van der Waals surface area contributed by atoms with Gasteiger partial charge in [0.2, 0.25) is 0 Å². The predicted octanol–water partition coefficient (Wildman–Crippen LogP) is 3.61. The molecule has 0 aliphatic heterocycles. The van der Waals surface area contributed by atoms with Crippen molar-refractivity contribution in [1.29, 1.82) is 0 Å². The van der Waals surface area contributed by atoms with E-state index in [1.165, 1.54) is 18.9 Å². The molecule has 146 valence electrons. The average molecular weight is 399 g/mol. The van der Waals surface area contributed by atoms with Gasteiger partial charge < -0.3 is 14.2 Å². The van der Waals surface area contributed by atoms with E-state index >= 15 is 0 Å². The maximum Gasteiger partial charge on any atom is 0.318 e. The first kappa shape index (κ1) is 19.8. The van der Waals surface area contributed by atoms with Gasteiger partial charge in [-0.15, -0.1) is 10.2 Å². The number of benzene rings is 2. The summed E-state index contributed by atoms with van der Waals surface area (Å²) in [5, 5.41) is 8.85. The van der Waals surface area contributed by atoms with Crippen LogP contribution in [0.1, 0.15) is 6.92 Å². The summed E-state index contributed by atoms with van der Waals surface area (Å²) < 4.78 is 17.3. The van der Waals surface area contributed by atoms with E-state index in [1.807, 2.05) is 53.1 Å². The molecule has 0 fully saturated rings. The zero-order valence-electron chi connectivity index (χ0n) is 16.1. The third-order valence-corrected chi connectivity index (χ3v) is 5.13. The van der Waals surface area contributed by atoms with Crippen molar-refractivity contribution in [1.82, 2.24) is 14.8 Å². The SMILES string of the molecule is COC(=O)[C@@H](C)Sc1nnc(-c2cccc(OC)c2)n1-c1ccc(OC)cc1. The summed E-state index contributed by atoms with van der Waals surface area (Å²) in [6.45, 7) is 1.77. The normalized spacial score (nSPS) is 11.7. The van der Waals surface area contributed by atoms with Gasteiger partial charge in [-0.2, -0.15) is 0 Å². The highest BCUT2D eigenvalue weighted by atomic mass is 32.2. The Kier molecular flexibility index (Phi) is 6.20. The molecule has 3 rings (SSSR count). The molecule has 3 aromatic rings. The Balaban J connectivity index is 2.10. The molecule has 0 amide bonds. The molecule has 0 saturated carbocycles. The molecule has 0 aliphatic carbocycles. The molecule has 0 radical (unpaired) electrons. The van der Waals surface area contributed by atoms with Crippen molar-refractivity contribution in [2.75, 3.05) is 21.3 Å². The lowest BCUT2D eigenvalue weighted by Gasteiger charge is -2.13. The zero-order chi connectivity index (χ0) is 20.1. The Labute approximate surface area is 167 Å². The number of carbonyl (C=O) groups is 1. The second kappa shape index (κ2) is 8.79. The lowest BCUT2D eigenvalue weighted by Crippen LogP contribution is -2.15. The van der Waals surface area contributed by atoms with Gasteiger partial charge in [0.1, 0.15) is 16.7 Å². The molecule has 1 heterocycles. The molecule has 1 aromatic heterocycles. The Morgan fingerprint density at radius 2 is 1.71 bits per heavy atom.